The summed E-state index contributed by atoms with van der Waals surface area (Å²) in [6.07, 6.45) is 8.72. The van der Waals surface area contributed by atoms with Gasteiger partial charge in [0, 0.05) is 19.5 Å². The monoisotopic (exact) mass is 477 g/mol. The molecule has 0 spiro atoms. The van der Waals surface area contributed by atoms with Crippen molar-refractivity contribution in [2.24, 2.45) is 0 Å². The fraction of sp³-hybridized carbons (Fsp3) is 0.667. The molecule has 192 valence electrons. The van der Waals surface area contributed by atoms with E-state index in [0.29, 0.717) is 25.1 Å². The largest absolute Gasteiger partial charge is 0.469 e. The van der Waals surface area contributed by atoms with Crippen molar-refractivity contribution < 1.29 is 28.6 Å². The van der Waals surface area contributed by atoms with Gasteiger partial charge in [-0.15, -0.1) is 0 Å². The zero-order valence-corrected chi connectivity index (χ0v) is 21.7. The van der Waals surface area contributed by atoms with E-state index in [2.05, 4.69) is 4.74 Å². The lowest BCUT2D eigenvalue weighted by Gasteiger charge is -2.27. The standard InChI is InChI=1S/C27H43NO6/c1-27(2,3)34-26(31)28(19-12-8-6-7-11-18-24(29)32-4)20-13-9-10-15-22-16-14-17-23(21-22)25(30)33-5/h14,16-17,21H,6-13,15,18-20H2,1-5H3. The second-order valence-electron chi connectivity index (χ2n) is 9.56. The Bertz CT molecular complexity index is 756. The molecule has 0 aliphatic rings. The maximum absolute atomic E-state index is 12.7. The van der Waals surface area contributed by atoms with Gasteiger partial charge in [-0.1, -0.05) is 37.8 Å². The van der Waals surface area contributed by atoms with E-state index in [-0.39, 0.29) is 18.0 Å². The van der Waals surface area contributed by atoms with Gasteiger partial charge in [-0.05, 0) is 70.6 Å². The maximum Gasteiger partial charge on any atom is 0.410 e. The molecule has 0 N–H and O–H groups in total. The molecule has 0 radical (unpaired) electrons. The SMILES string of the molecule is COC(=O)CCCCCCCN(CCCCCc1cccc(C(=O)OC)c1)C(=O)OC(C)(C)C. The Kier molecular flexibility index (Phi) is 14.0. The molecule has 0 saturated heterocycles. The maximum atomic E-state index is 12.7. The first kappa shape index (κ1) is 29.5. The first-order valence-electron chi connectivity index (χ1n) is 12.4. The molecule has 0 fully saturated rings. The van der Waals surface area contributed by atoms with Gasteiger partial charge in [0.15, 0.2) is 0 Å². The summed E-state index contributed by atoms with van der Waals surface area (Å²) in [7, 11) is 2.80. The Balaban J connectivity index is 2.40. The Morgan fingerprint density at radius 1 is 0.824 bits per heavy atom. The van der Waals surface area contributed by atoms with E-state index in [4.69, 9.17) is 9.47 Å². The zero-order chi connectivity index (χ0) is 25.4. The Hall–Kier alpha value is -2.57. The summed E-state index contributed by atoms with van der Waals surface area (Å²) in [5, 5.41) is 0. The first-order valence-corrected chi connectivity index (χ1v) is 12.4. The minimum absolute atomic E-state index is 0.160. The number of carbonyl (C=O) groups excluding carboxylic acids is 3. The number of benzene rings is 1. The fourth-order valence-corrected chi connectivity index (χ4v) is 3.61. The second kappa shape index (κ2) is 16.1. The molecule has 1 amide bonds. The first-order chi connectivity index (χ1) is 16.2. The van der Waals surface area contributed by atoms with E-state index in [9.17, 15) is 14.4 Å². The summed E-state index contributed by atoms with van der Waals surface area (Å²) in [5.41, 5.74) is 1.16. The lowest BCUT2D eigenvalue weighted by atomic mass is 10.0. The van der Waals surface area contributed by atoms with Crippen molar-refractivity contribution in [2.45, 2.75) is 90.6 Å². The van der Waals surface area contributed by atoms with Gasteiger partial charge in [-0.2, -0.15) is 0 Å². The highest BCUT2D eigenvalue weighted by molar-refractivity contribution is 5.89. The van der Waals surface area contributed by atoms with Crippen LogP contribution in [0, 0.1) is 0 Å². The molecule has 0 saturated carbocycles. The summed E-state index contributed by atoms with van der Waals surface area (Å²) in [6, 6.07) is 7.53. The highest BCUT2D eigenvalue weighted by Gasteiger charge is 2.21. The predicted octanol–water partition coefficient (Wildman–Crippen LogP) is 5.94. The molecular formula is C27H43NO6. The van der Waals surface area contributed by atoms with Gasteiger partial charge in [-0.25, -0.2) is 9.59 Å². The normalized spacial score (nSPS) is 11.1. The smallest absolute Gasteiger partial charge is 0.410 e. The molecule has 0 aliphatic heterocycles. The van der Waals surface area contributed by atoms with E-state index in [1.807, 2.05) is 43.9 Å². The van der Waals surface area contributed by atoms with Crippen LogP contribution in [0.25, 0.3) is 0 Å². The van der Waals surface area contributed by atoms with Gasteiger partial charge in [0.05, 0.1) is 19.8 Å². The van der Waals surface area contributed by atoms with Crippen LogP contribution in [0.5, 0.6) is 0 Å². The van der Waals surface area contributed by atoms with Gasteiger partial charge in [0.25, 0.3) is 0 Å². The topological polar surface area (TPSA) is 82.1 Å². The average Bonchev–Trinajstić information content (AvgIpc) is 2.80. The van der Waals surface area contributed by atoms with Crippen LogP contribution in [0.2, 0.25) is 0 Å². The van der Waals surface area contributed by atoms with Gasteiger partial charge in [-0.3, -0.25) is 4.79 Å². The van der Waals surface area contributed by atoms with Crippen LogP contribution in [-0.4, -0.2) is 55.8 Å². The quantitative estimate of drug-likeness (QED) is 0.177. The molecule has 0 bridgehead atoms. The summed E-state index contributed by atoms with van der Waals surface area (Å²) < 4.78 is 15.0. The number of rotatable bonds is 15. The highest BCUT2D eigenvalue weighted by Crippen LogP contribution is 2.15. The van der Waals surface area contributed by atoms with Crippen molar-refractivity contribution >= 4 is 18.0 Å². The number of hydrogen-bond donors (Lipinski definition) is 0. The fourth-order valence-electron chi connectivity index (χ4n) is 3.61. The van der Waals surface area contributed by atoms with Crippen LogP contribution < -0.4 is 0 Å². The summed E-state index contributed by atoms with van der Waals surface area (Å²) in [5.74, 6) is -0.481. The minimum Gasteiger partial charge on any atom is -0.469 e. The van der Waals surface area contributed by atoms with Crippen molar-refractivity contribution in [1.29, 1.82) is 0 Å². The Morgan fingerprint density at radius 2 is 1.44 bits per heavy atom. The number of methoxy groups -OCH3 is 2. The van der Waals surface area contributed by atoms with Crippen molar-refractivity contribution in [3.05, 3.63) is 35.4 Å². The zero-order valence-electron chi connectivity index (χ0n) is 21.7. The van der Waals surface area contributed by atoms with E-state index < -0.39 is 5.60 Å². The van der Waals surface area contributed by atoms with Gasteiger partial charge >= 0.3 is 18.0 Å². The van der Waals surface area contributed by atoms with Crippen molar-refractivity contribution in [1.82, 2.24) is 4.90 Å². The molecular weight excluding hydrogens is 434 g/mol. The third kappa shape index (κ3) is 13.2. The van der Waals surface area contributed by atoms with Gasteiger partial charge < -0.3 is 19.1 Å². The number of aryl methyl sites for hydroxylation is 1. The molecule has 7 heteroatoms. The summed E-state index contributed by atoms with van der Waals surface area (Å²) in [4.78, 5) is 37.3. The number of esters is 2. The molecule has 0 heterocycles. The van der Waals surface area contributed by atoms with Crippen molar-refractivity contribution in [3.8, 4) is 0 Å². The van der Waals surface area contributed by atoms with Crippen LogP contribution in [0.3, 0.4) is 0 Å². The average molecular weight is 478 g/mol. The van der Waals surface area contributed by atoms with Crippen LogP contribution >= 0.6 is 0 Å². The van der Waals surface area contributed by atoms with Gasteiger partial charge in [0.1, 0.15) is 5.60 Å². The number of hydrogen-bond acceptors (Lipinski definition) is 6. The van der Waals surface area contributed by atoms with Crippen LogP contribution in [0.1, 0.15) is 94.5 Å². The molecule has 7 nitrogen and oxygen atoms in total. The molecule has 0 aliphatic carbocycles. The molecule has 34 heavy (non-hydrogen) atoms. The Morgan fingerprint density at radius 3 is 2.06 bits per heavy atom. The molecule has 1 aromatic carbocycles. The lowest BCUT2D eigenvalue weighted by molar-refractivity contribution is -0.140. The van der Waals surface area contributed by atoms with Gasteiger partial charge in [0.2, 0.25) is 0 Å². The summed E-state index contributed by atoms with van der Waals surface area (Å²) >= 11 is 0. The Labute approximate surface area is 205 Å². The minimum atomic E-state index is -0.520. The van der Waals surface area contributed by atoms with E-state index >= 15 is 0 Å². The number of unbranched alkanes of at least 4 members (excludes halogenated alkanes) is 6. The predicted molar refractivity (Wildman–Crippen MR) is 133 cm³/mol. The van der Waals surface area contributed by atoms with Crippen LogP contribution in [0.15, 0.2) is 24.3 Å². The molecule has 0 atom stereocenters. The third-order valence-electron chi connectivity index (χ3n) is 5.43. The second-order valence-corrected chi connectivity index (χ2v) is 9.56. The number of nitrogens with zero attached hydrogens (tertiary/aromatic N) is 1. The van der Waals surface area contributed by atoms with E-state index in [1.165, 1.54) is 14.2 Å². The van der Waals surface area contributed by atoms with E-state index in [0.717, 1.165) is 63.4 Å². The number of ether oxygens (including phenoxy) is 3. The highest BCUT2D eigenvalue weighted by atomic mass is 16.6. The molecule has 1 rings (SSSR count). The van der Waals surface area contributed by atoms with Crippen molar-refractivity contribution in [3.63, 3.8) is 0 Å². The third-order valence-corrected chi connectivity index (χ3v) is 5.43. The molecule has 0 aromatic heterocycles. The lowest BCUT2D eigenvalue weighted by Crippen LogP contribution is -2.38. The number of carbonyl (C=O) groups is 3. The van der Waals surface area contributed by atoms with Crippen LogP contribution in [-0.2, 0) is 25.4 Å². The van der Waals surface area contributed by atoms with Crippen LogP contribution in [0.4, 0.5) is 4.79 Å². The van der Waals surface area contributed by atoms with E-state index in [1.54, 1.807) is 6.07 Å². The number of amides is 1. The summed E-state index contributed by atoms with van der Waals surface area (Å²) in [6.45, 7) is 6.99. The molecule has 0 unspecified atom stereocenters. The van der Waals surface area contributed by atoms with Crippen molar-refractivity contribution in [2.75, 3.05) is 27.3 Å². The molecule has 1 aromatic rings.